The maximum absolute atomic E-state index is 12.5. The number of benzene rings is 3. The second kappa shape index (κ2) is 13.0. The second-order valence-corrected chi connectivity index (χ2v) is 9.02. The fourth-order valence-electron chi connectivity index (χ4n) is 3.13. The number of nitro groups is 2. The highest BCUT2D eigenvalue weighted by Crippen LogP contribution is 2.41. The van der Waals surface area contributed by atoms with E-state index < -0.39 is 27.1 Å². The van der Waals surface area contributed by atoms with Crippen molar-refractivity contribution in [3.63, 3.8) is 0 Å². The second-order valence-electron chi connectivity index (χ2n) is 7.31. The molecule has 198 valence electrons. The summed E-state index contributed by atoms with van der Waals surface area (Å²) in [5.74, 6) is 0.528. The molecule has 14 heteroatoms. The fraction of sp³-hybridized carbons (Fsp3) is 0.167. The summed E-state index contributed by atoms with van der Waals surface area (Å²) in [7, 11) is 0. The molecule has 1 N–H and O–H groups in total. The third kappa shape index (κ3) is 7.04. The topological polar surface area (TPSA) is 155 Å². The van der Waals surface area contributed by atoms with Gasteiger partial charge in [-0.1, -0.05) is 0 Å². The Hall–Kier alpha value is -4.04. The maximum Gasteiger partial charge on any atom is 0.318 e. The zero-order chi connectivity index (χ0) is 27.8. The van der Waals surface area contributed by atoms with Gasteiger partial charge >= 0.3 is 5.69 Å². The van der Waals surface area contributed by atoms with Crippen LogP contribution in [0.5, 0.6) is 23.0 Å². The van der Waals surface area contributed by atoms with Gasteiger partial charge in [-0.3, -0.25) is 25.0 Å². The van der Waals surface area contributed by atoms with Gasteiger partial charge in [-0.2, -0.15) is 5.10 Å². The van der Waals surface area contributed by atoms with Crippen molar-refractivity contribution in [2.45, 2.75) is 13.8 Å². The lowest BCUT2D eigenvalue weighted by Gasteiger charge is -2.12. The van der Waals surface area contributed by atoms with Gasteiger partial charge < -0.3 is 14.2 Å². The van der Waals surface area contributed by atoms with E-state index in [1.54, 1.807) is 30.3 Å². The lowest BCUT2D eigenvalue weighted by atomic mass is 10.2. The maximum atomic E-state index is 12.5. The lowest BCUT2D eigenvalue weighted by Crippen LogP contribution is -2.17. The zero-order valence-corrected chi connectivity index (χ0v) is 23.1. The molecule has 0 aromatic heterocycles. The number of hydrazone groups is 1. The van der Waals surface area contributed by atoms with Gasteiger partial charge in [-0.05, 0) is 87.7 Å². The van der Waals surface area contributed by atoms with Crippen LogP contribution in [0.4, 0.5) is 11.4 Å². The molecule has 3 aromatic rings. The Bertz CT molecular complexity index is 1390. The van der Waals surface area contributed by atoms with Crippen LogP contribution in [0.15, 0.2) is 62.6 Å². The summed E-state index contributed by atoms with van der Waals surface area (Å²) >= 11 is 6.69. The average molecular weight is 652 g/mol. The standard InChI is InChI=1S/C24H20Br2N4O8/c1-3-36-21-7-5-15(11-22(21)37-4-2)24(31)28-27-13-14-9-17(25)23(18(26)10-14)38-20-8-6-16(29(32)33)12-19(20)30(34)35/h5-13H,3-4H2,1-2H3,(H,28,31)/b27-13+. The zero-order valence-electron chi connectivity index (χ0n) is 20.0. The first-order chi connectivity index (χ1) is 18.1. The molecule has 0 aliphatic carbocycles. The van der Waals surface area contributed by atoms with Crippen molar-refractivity contribution >= 4 is 55.4 Å². The summed E-state index contributed by atoms with van der Waals surface area (Å²) in [6.07, 6.45) is 1.39. The summed E-state index contributed by atoms with van der Waals surface area (Å²) in [4.78, 5) is 33.4. The molecule has 0 atom stereocenters. The number of nitrogens with one attached hydrogen (secondary N) is 1. The molecule has 0 heterocycles. The highest BCUT2D eigenvalue weighted by molar-refractivity contribution is 9.11. The molecular weight excluding hydrogens is 632 g/mol. The van der Waals surface area contributed by atoms with E-state index in [9.17, 15) is 25.0 Å². The molecule has 0 aliphatic heterocycles. The number of nitrogens with zero attached hydrogens (tertiary/aromatic N) is 3. The normalized spacial score (nSPS) is 10.7. The van der Waals surface area contributed by atoms with Crippen molar-refractivity contribution in [1.82, 2.24) is 5.43 Å². The Morgan fingerprint density at radius 3 is 2.16 bits per heavy atom. The molecule has 0 saturated carbocycles. The van der Waals surface area contributed by atoms with E-state index in [0.29, 0.717) is 44.8 Å². The molecule has 0 spiro atoms. The minimum absolute atomic E-state index is 0.183. The van der Waals surface area contributed by atoms with Crippen LogP contribution in [0, 0.1) is 20.2 Å². The van der Waals surface area contributed by atoms with Gasteiger partial charge in [0.15, 0.2) is 17.2 Å². The van der Waals surface area contributed by atoms with Gasteiger partial charge in [-0.25, -0.2) is 5.43 Å². The third-order valence-corrected chi connectivity index (χ3v) is 5.95. The number of halogens is 2. The number of hydrogen-bond acceptors (Lipinski definition) is 9. The van der Waals surface area contributed by atoms with Crippen molar-refractivity contribution in [1.29, 1.82) is 0 Å². The van der Waals surface area contributed by atoms with E-state index in [-0.39, 0.29) is 11.5 Å². The van der Waals surface area contributed by atoms with Crippen LogP contribution in [-0.4, -0.2) is 35.2 Å². The van der Waals surface area contributed by atoms with Crippen LogP contribution in [0.2, 0.25) is 0 Å². The van der Waals surface area contributed by atoms with Crippen LogP contribution in [0.1, 0.15) is 29.8 Å². The highest BCUT2D eigenvalue weighted by atomic mass is 79.9. The predicted octanol–water partition coefficient (Wildman–Crippen LogP) is 6.38. The highest BCUT2D eigenvalue weighted by Gasteiger charge is 2.23. The molecule has 0 radical (unpaired) electrons. The van der Waals surface area contributed by atoms with E-state index >= 15 is 0 Å². The average Bonchev–Trinajstić information content (AvgIpc) is 2.87. The van der Waals surface area contributed by atoms with Crippen molar-refractivity contribution in [2.75, 3.05) is 13.2 Å². The summed E-state index contributed by atoms with van der Waals surface area (Å²) < 4.78 is 17.5. The summed E-state index contributed by atoms with van der Waals surface area (Å²) in [5, 5.41) is 26.3. The molecule has 0 bridgehead atoms. The molecule has 3 rings (SSSR count). The van der Waals surface area contributed by atoms with Gasteiger partial charge in [0.2, 0.25) is 5.75 Å². The number of carbonyl (C=O) groups is 1. The van der Waals surface area contributed by atoms with Crippen LogP contribution in [0.3, 0.4) is 0 Å². The Morgan fingerprint density at radius 1 is 0.921 bits per heavy atom. The van der Waals surface area contributed by atoms with Gasteiger partial charge in [-0.15, -0.1) is 0 Å². The molecule has 3 aromatic carbocycles. The minimum Gasteiger partial charge on any atom is -0.490 e. The fourth-order valence-corrected chi connectivity index (χ4v) is 4.52. The Balaban J connectivity index is 1.76. The largest absolute Gasteiger partial charge is 0.490 e. The Kier molecular flexibility index (Phi) is 9.73. The molecular formula is C24H20Br2N4O8. The van der Waals surface area contributed by atoms with Crippen LogP contribution < -0.4 is 19.6 Å². The molecule has 12 nitrogen and oxygen atoms in total. The summed E-state index contributed by atoms with van der Waals surface area (Å²) in [6, 6.07) is 11.1. The SMILES string of the molecule is CCOc1ccc(C(=O)N/N=C/c2cc(Br)c(Oc3ccc([N+](=O)[O-])cc3[N+](=O)[O-])c(Br)c2)cc1OCC. The van der Waals surface area contributed by atoms with E-state index in [0.717, 1.165) is 18.2 Å². The molecule has 0 unspecified atom stereocenters. The molecule has 0 aliphatic rings. The molecule has 1 amide bonds. The van der Waals surface area contributed by atoms with Crippen molar-refractivity contribution in [3.05, 3.63) is 88.8 Å². The first-order valence-corrected chi connectivity index (χ1v) is 12.6. The predicted molar refractivity (Wildman–Crippen MR) is 146 cm³/mol. The number of non-ortho nitro benzene ring substituents is 1. The van der Waals surface area contributed by atoms with Crippen LogP contribution in [-0.2, 0) is 0 Å². The smallest absolute Gasteiger partial charge is 0.318 e. The third-order valence-electron chi connectivity index (χ3n) is 4.77. The first-order valence-electron chi connectivity index (χ1n) is 11.0. The van der Waals surface area contributed by atoms with E-state index in [1.165, 1.54) is 6.21 Å². The molecule has 0 fully saturated rings. The number of hydrogen-bond donors (Lipinski definition) is 1. The van der Waals surface area contributed by atoms with Crippen molar-refractivity contribution in [2.24, 2.45) is 5.10 Å². The van der Waals surface area contributed by atoms with Gasteiger partial charge in [0.25, 0.3) is 11.6 Å². The number of rotatable bonds is 11. The number of amides is 1. The quantitative estimate of drug-likeness (QED) is 0.142. The van der Waals surface area contributed by atoms with E-state index in [2.05, 4.69) is 42.4 Å². The number of ether oxygens (including phenoxy) is 3. The Morgan fingerprint density at radius 2 is 1.55 bits per heavy atom. The van der Waals surface area contributed by atoms with Crippen LogP contribution in [0.25, 0.3) is 0 Å². The van der Waals surface area contributed by atoms with Gasteiger partial charge in [0, 0.05) is 11.6 Å². The Labute approximate surface area is 233 Å². The van der Waals surface area contributed by atoms with Gasteiger partial charge in [0.05, 0.1) is 44.3 Å². The van der Waals surface area contributed by atoms with Crippen LogP contribution >= 0.6 is 31.9 Å². The van der Waals surface area contributed by atoms with E-state index in [1.807, 2.05) is 13.8 Å². The van der Waals surface area contributed by atoms with Crippen molar-refractivity contribution in [3.8, 4) is 23.0 Å². The first kappa shape index (κ1) is 28.5. The molecule has 0 saturated heterocycles. The molecule has 38 heavy (non-hydrogen) atoms. The number of nitro benzene ring substituents is 2. The summed E-state index contributed by atoms with van der Waals surface area (Å²) in [6.45, 7) is 4.53. The van der Waals surface area contributed by atoms with Gasteiger partial charge in [0.1, 0.15) is 0 Å². The van der Waals surface area contributed by atoms with Crippen molar-refractivity contribution < 1.29 is 28.9 Å². The monoisotopic (exact) mass is 650 g/mol. The van der Waals surface area contributed by atoms with E-state index in [4.69, 9.17) is 14.2 Å². The summed E-state index contributed by atoms with van der Waals surface area (Å²) in [5.41, 5.74) is 2.32. The minimum atomic E-state index is -0.768. The lowest BCUT2D eigenvalue weighted by molar-refractivity contribution is -0.394. The number of carbonyl (C=O) groups excluding carboxylic acids is 1.